The van der Waals surface area contributed by atoms with Gasteiger partial charge in [0.2, 0.25) is 0 Å². The van der Waals surface area contributed by atoms with Crippen molar-refractivity contribution in [2.24, 2.45) is 0 Å². The maximum atomic E-state index is 13.8. The quantitative estimate of drug-likeness (QED) is 0.278. The summed E-state index contributed by atoms with van der Waals surface area (Å²) in [5.41, 5.74) is 4.26. The van der Waals surface area contributed by atoms with Gasteiger partial charge in [-0.2, -0.15) is 4.98 Å². The number of nitrogens with zero attached hydrogens (tertiary/aromatic N) is 4. The Kier molecular flexibility index (Phi) is 5.37. The number of fused-ring (bicyclic) bond motifs is 3. The van der Waals surface area contributed by atoms with Gasteiger partial charge in [0.25, 0.3) is 5.56 Å². The molecule has 0 aliphatic carbocycles. The van der Waals surface area contributed by atoms with E-state index < -0.39 is 11.2 Å². The van der Waals surface area contributed by atoms with E-state index in [0.717, 1.165) is 43.2 Å². The van der Waals surface area contributed by atoms with Crippen LogP contribution < -0.4 is 11.2 Å². The maximum Gasteiger partial charge on any atom is 0.352 e. The van der Waals surface area contributed by atoms with Crippen molar-refractivity contribution in [2.75, 3.05) is 0 Å². The molecule has 0 bridgehead atoms. The number of rotatable bonds is 4. The van der Waals surface area contributed by atoms with Crippen LogP contribution in [0.1, 0.15) is 5.56 Å². The van der Waals surface area contributed by atoms with Gasteiger partial charge in [-0.3, -0.25) is 13.9 Å². The van der Waals surface area contributed by atoms with Crippen LogP contribution in [0.4, 0.5) is 0 Å². The van der Waals surface area contributed by atoms with E-state index in [9.17, 15) is 9.59 Å². The van der Waals surface area contributed by atoms with Gasteiger partial charge in [0.05, 0.1) is 23.3 Å². The molecule has 2 heterocycles. The van der Waals surface area contributed by atoms with E-state index in [0.29, 0.717) is 5.52 Å². The molecule has 7 rings (SSSR count). The first kappa shape index (κ1) is 22.8. The second kappa shape index (κ2) is 9.19. The molecule has 0 radical (unpaired) electrons. The summed E-state index contributed by atoms with van der Waals surface area (Å²) < 4.78 is 3.06. The summed E-state index contributed by atoms with van der Waals surface area (Å²) in [6, 6.07) is 39.5. The van der Waals surface area contributed by atoms with Gasteiger partial charge in [-0.05, 0) is 40.3 Å². The van der Waals surface area contributed by atoms with Crippen molar-refractivity contribution < 1.29 is 0 Å². The van der Waals surface area contributed by atoms with E-state index in [-0.39, 0.29) is 18.1 Å². The van der Waals surface area contributed by atoms with Crippen LogP contribution in [0.3, 0.4) is 0 Å². The Balaban J connectivity index is 1.59. The molecule has 5 aromatic carbocycles. The standard InChI is InChI=1S/C33H22N4O2/c38-32-30-31(35-33(39)36(32)21-22-11-3-1-4-12-22)37(27-19-8-7-18-26(27)34-30)28-20-10-16-24-15-9-17-25(29(24)28)23-13-5-2-6-14-23/h1-20H,21H2. The molecule has 6 heteroatoms. The number of para-hydroxylation sites is 2. The van der Waals surface area contributed by atoms with E-state index in [1.54, 1.807) is 0 Å². The van der Waals surface area contributed by atoms with Gasteiger partial charge in [-0.15, -0.1) is 0 Å². The van der Waals surface area contributed by atoms with Crippen LogP contribution in [0.25, 0.3) is 50.1 Å². The van der Waals surface area contributed by atoms with Gasteiger partial charge in [0.15, 0.2) is 11.5 Å². The first-order chi connectivity index (χ1) is 19.2. The zero-order valence-corrected chi connectivity index (χ0v) is 20.9. The first-order valence-corrected chi connectivity index (χ1v) is 12.7. The summed E-state index contributed by atoms with van der Waals surface area (Å²) in [7, 11) is 0. The summed E-state index contributed by atoms with van der Waals surface area (Å²) >= 11 is 0. The number of aromatic nitrogens is 4. The Morgan fingerprint density at radius 3 is 2.13 bits per heavy atom. The van der Waals surface area contributed by atoms with Gasteiger partial charge >= 0.3 is 5.69 Å². The molecule has 0 spiro atoms. The molecule has 39 heavy (non-hydrogen) atoms. The fraction of sp³-hybridized carbons (Fsp3) is 0.0303. The molecule has 0 saturated carbocycles. The van der Waals surface area contributed by atoms with E-state index in [4.69, 9.17) is 4.98 Å². The Morgan fingerprint density at radius 1 is 0.641 bits per heavy atom. The molecular weight excluding hydrogens is 484 g/mol. The zero-order valence-electron chi connectivity index (χ0n) is 20.9. The highest BCUT2D eigenvalue weighted by molar-refractivity contribution is 6.03. The monoisotopic (exact) mass is 506 g/mol. The summed E-state index contributed by atoms with van der Waals surface area (Å²) in [6.07, 6.45) is 0. The Labute approximate surface area is 223 Å². The Bertz CT molecular complexity index is 2070. The van der Waals surface area contributed by atoms with Gasteiger partial charge < -0.3 is 0 Å². The van der Waals surface area contributed by atoms with E-state index >= 15 is 0 Å². The average Bonchev–Trinajstić information content (AvgIpc) is 2.99. The van der Waals surface area contributed by atoms with Gasteiger partial charge in [-0.25, -0.2) is 9.78 Å². The third-order valence-corrected chi connectivity index (χ3v) is 7.05. The van der Waals surface area contributed by atoms with Crippen molar-refractivity contribution in [1.29, 1.82) is 0 Å². The van der Waals surface area contributed by atoms with Gasteiger partial charge in [0.1, 0.15) is 0 Å². The third kappa shape index (κ3) is 3.81. The zero-order chi connectivity index (χ0) is 26.3. The maximum absolute atomic E-state index is 13.8. The van der Waals surface area contributed by atoms with Crippen LogP contribution in [-0.4, -0.2) is 19.1 Å². The molecule has 0 aromatic heterocycles. The molecule has 0 N–H and O–H groups in total. The molecule has 0 unspecified atom stereocenters. The highest BCUT2D eigenvalue weighted by atomic mass is 16.2. The predicted molar refractivity (Wildman–Crippen MR) is 155 cm³/mol. The molecule has 0 atom stereocenters. The second-order valence-electron chi connectivity index (χ2n) is 9.43. The minimum Gasteiger partial charge on any atom is -0.290 e. The molecule has 2 aliphatic heterocycles. The van der Waals surface area contributed by atoms with Crippen molar-refractivity contribution in [3.63, 3.8) is 0 Å². The molecule has 186 valence electrons. The summed E-state index contributed by atoms with van der Waals surface area (Å²) in [5, 5.41) is 2.03. The average molecular weight is 507 g/mol. The largest absolute Gasteiger partial charge is 0.352 e. The van der Waals surface area contributed by atoms with Crippen molar-refractivity contribution in [3.05, 3.63) is 148 Å². The van der Waals surface area contributed by atoms with Crippen molar-refractivity contribution in [3.8, 4) is 28.3 Å². The SMILES string of the molecule is O=c1nc2n(-c3cccc4cccc(-c5ccccc5)c34)c3ccccc3nc-2c(=O)n1Cc1ccccc1. The molecule has 5 aromatic rings. The van der Waals surface area contributed by atoms with E-state index in [1.165, 1.54) is 0 Å². The predicted octanol–water partition coefficient (Wildman–Crippen LogP) is 5.92. The summed E-state index contributed by atoms with van der Waals surface area (Å²) in [5.74, 6) is 0.239. The fourth-order valence-electron chi connectivity index (χ4n) is 5.27. The Hall–Kier alpha value is -5.36. The lowest BCUT2D eigenvalue weighted by Crippen LogP contribution is -2.38. The molecular formula is C33H22N4O2. The molecule has 0 fully saturated rings. The molecule has 0 saturated heterocycles. The minimum absolute atomic E-state index is 0.127. The normalized spacial score (nSPS) is 11.4. The molecule has 6 nitrogen and oxygen atoms in total. The highest BCUT2D eigenvalue weighted by Gasteiger charge is 2.24. The molecule has 0 amide bonds. The van der Waals surface area contributed by atoms with Crippen LogP contribution in [0.2, 0.25) is 0 Å². The third-order valence-electron chi connectivity index (χ3n) is 7.05. The second-order valence-corrected chi connectivity index (χ2v) is 9.43. The number of benzene rings is 5. The minimum atomic E-state index is -0.606. The van der Waals surface area contributed by atoms with E-state index in [2.05, 4.69) is 35.3 Å². The molecule has 2 aliphatic rings. The Morgan fingerprint density at radius 2 is 1.33 bits per heavy atom. The first-order valence-electron chi connectivity index (χ1n) is 12.7. The van der Waals surface area contributed by atoms with Crippen molar-refractivity contribution in [2.45, 2.75) is 6.54 Å². The van der Waals surface area contributed by atoms with Gasteiger partial charge in [-0.1, -0.05) is 103 Å². The highest BCUT2D eigenvalue weighted by Crippen LogP contribution is 2.36. The smallest absolute Gasteiger partial charge is 0.290 e. The lowest BCUT2D eigenvalue weighted by Gasteiger charge is -2.20. The lowest BCUT2D eigenvalue weighted by atomic mass is 9.96. The van der Waals surface area contributed by atoms with Gasteiger partial charge in [0, 0.05) is 5.39 Å². The van der Waals surface area contributed by atoms with Crippen LogP contribution in [0.5, 0.6) is 0 Å². The van der Waals surface area contributed by atoms with Crippen molar-refractivity contribution in [1.82, 2.24) is 19.1 Å². The topological polar surface area (TPSA) is 69.8 Å². The van der Waals surface area contributed by atoms with Crippen LogP contribution >= 0.6 is 0 Å². The fourth-order valence-corrected chi connectivity index (χ4v) is 5.27. The van der Waals surface area contributed by atoms with Crippen LogP contribution in [0.15, 0.2) is 131 Å². The van der Waals surface area contributed by atoms with Crippen molar-refractivity contribution >= 4 is 21.8 Å². The van der Waals surface area contributed by atoms with Crippen LogP contribution in [-0.2, 0) is 6.54 Å². The summed E-state index contributed by atoms with van der Waals surface area (Å²) in [6.45, 7) is 0.127. The van der Waals surface area contributed by atoms with E-state index in [1.807, 2.05) is 95.6 Å². The lowest BCUT2D eigenvalue weighted by molar-refractivity contribution is 0.690. The number of hydrogen-bond donors (Lipinski definition) is 0. The number of hydrogen-bond acceptors (Lipinski definition) is 4. The summed E-state index contributed by atoms with van der Waals surface area (Å²) in [4.78, 5) is 36.3. The van der Waals surface area contributed by atoms with Crippen LogP contribution in [0, 0.1) is 0 Å².